The van der Waals surface area contributed by atoms with Gasteiger partial charge >= 0.3 is 12.1 Å². The summed E-state index contributed by atoms with van der Waals surface area (Å²) in [4.78, 5) is 52.8. The number of aliphatic hydroxyl groups excluding tert-OH is 1. The lowest BCUT2D eigenvalue weighted by atomic mass is 9.99. The SMILES string of the molecule is C=Cc1cccc(C(C(=O)NCC(=O)OC)N(CCCCCCCC)C(=O)C(CO)NC(=O)OC(C)(C)C)c1. The Balaban J connectivity index is 3.40. The van der Waals surface area contributed by atoms with E-state index in [0.29, 0.717) is 12.0 Å². The van der Waals surface area contributed by atoms with Gasteiger partial charge in [0.25, 0.3) is 0 Å². The van der Waals surface area contributed by atoms with Gasteiger partial charge < -0.3 is 30.1 Å². The highest BCUT2D eigenvalue weighted by atomic mass is 16.6. The van der Waals surface area contributed by atoms with Gasteiger partial charge in [-0.2, -0.15) is 0 Å². The highest BCUT2D eigenvalue weighted by molar-refractivity contribution is 5.93. The van der Waals surface area contributed by atoms with Gasteiger partial charge in [0.05, 0.1) is 13.7 Å². The second-order valence-corrected chi connectivity index (χ2v) is 10.3. The molecule has 3 amide bonds. The number of carbonyl (C=O) groups excluding carboxylic acids is 4. The van der Waals surface area contributed by atoms with Crippen molar-refractivity contribution >= 4 is 30.0 Å². The van der Waals surface area contributed by atoms with Crippen LogP contribution in [0.3, 0.4) is 0 Å². The lowest BCUT2D eigenvalue weighted by Gasteiger charge is -2.34. The molecule has 3 N–H and O–H groups in total. The van der Waals surface area contributed by atoms with Gasteiger partial charge in [0, 0.05) is 6.54 Å². The van der Waals surface area contributed by atoms with Crippen molar-refractivity contribution < 1.29 is 33.8 Å². The van der Waals surface area contributed by atoms with Gasteiger partial charge in [-0.25, -0.2) is 4.79 Å². The molecule has 0 aliphatic rings. The number of esters is 1. The Labute approximate surface area is 232 Å². The predicted molar refractivity (Wildman–Crippen MR) is 150 cm³/mol. The molecule has 2 atom stereocenters. The van der Waals surface area contributed by atoms with Crippen molar-refractivity contribution in [2.24, 2.45) is 0 Å². The predicted octanol–water partition coefficient (Wildman–Crippen LogP) is 3.73. The van der Waals surface area contributed by atoms with Gasteiger partial charge in [-0.05, 0) is 44.4 Å². The molecule has 2 unspecified atom stereocenters. The maximum atomic E-state index is 13.8. The van der Waals surface area contributed by atoms with Crippen LogP contribution in [0.5, 0.6) is 0 Å². The molecule has 10 nitrogen and oxygen atoms in total. The molecule has 0 radical (unpaired) electrons. The number of ether oxygens (including phenoxy) is 2. The molecule has 0 aliphatic carbocycles. The van der Waals surface area contributed by atoms with Crippen LogP contribution in [0.25, 0.3) is 6.08 Å². The van der Waals surface area contributed by atoms with E-state index in [0.717, 1.165) is 37.7 Å². The fourth-order valence-electron chi connectivity index (χ4n) is 3.92. The number of amides is 3. The average molecular weight is 548 g/mol. The van der Waals surface area contributed by atoms with Crippen LogP contribution < -0.4 is 10.6 Å². The van der Waals surface area contributed by atoms with Gasteiger partial charge in [-0.3, -0.25) is 14.4 Å². The molecule has 0 saturated heterocycles. The van der Waals surface area contributed by atoms with Crippen molar-refractivity contribution in [3.05, 3.63) is 42.0 Å². The minimum atomic E-state index is -1.35. The second-order valence-electron chi connectivity index (χ2n) is 10.3. The van der Waals surface area contributed by atoms with Crippen molar-refractivity contribution in [3.8, 4) is 0 Å². The molecule has 10 heteroatoms. The van der Waals surface area contributed by atoms with E-state index in [4.69, 9.17) is 4.74 Å². The molecule has 0 fully saturated rings. The molecule has 1 aromatic carbocycles. The third kappa shape index (κ3) is 12.3. The summed E-state index contributed by atoms with van der Waals surface area (Å²) in [6, 6.07) is 4.48. The minimum absolute atomic E-state index is 0.187. The average Bonchev–Trinajstić information content (AvgIpc) is 2.90. The van der Waals surface area contributed by atoms with Crippen LogP contribution in [-0.4, -0.2) is 72.3 Å². The number of benzene rings is 1. The van der Waals surface area contributed by atoms with Crippen molar-refractivity contribution in [1.29, 1.82) is 0 Å². The number of aliphatic hydroxyl groups is 1. The van der Waals surface area contributed by atoms with E-state index in [-0.39, 0.29) is 13.1 Å². The summed E-state index contributed by atoms with van der Waals surface area (Å²) in [5, 5.41) is 15.0. The van der Waals surface area contributed by atoms with Gasteiger partial charge in [-0.15, -0.1) is 0 Å². The minimum Gasteiger partial charge on any atom is -0.468 e. The van der Waals surface area contributed by atoms with E-state index in [2.05, 4.69) is 28.9 Å². The van der Waals surface area contributed by atoms with Crippen molar-refractivity contribution in [3.63, 3.8) is 0 Å². The number of methoxy groups -OCH3 is 1. The van der Waals surface area contributed by atoms with E-state index < -0.39 is 48.2 Å². The second kappa shape index (κ2) is 17.2. The molecule has 0 aromatic heterocycles. The van der Waals surface area contributed by atoms with Gasteiger partial charge in [0.15, 0.2) is 0 Å². The monoisotopic (exact) mass is 547 g/mol. The Kier molecular flexibility index (Phi) is 14.9. The Morgan fingerprint density at radius 3 is 2.36 bits per heavy atom. The molecule has 218 valence electrons. The van der Waals surface area contributed by atoms with Crippen LogP contribution in [0, 0.1) is 0 Å². The van der Waals surface area contributed by atoms with Crippen molar-refractivity contribution in [1.82, 2.24) is 15.5 Å². The molecular formula is C29H45N3O7. The molecule has 0 spiro atoms. The molecule has 0 bridgehead atoms. The fourth-order valence-corrected chi connectivity index (χ4v) is 3.92. The van der Waals surface area contributed by atoms with Crippen LogP contribution >= 0.6 is 0 Å². The smallest absolute Gasteiger partial charge is 0.408 e. The van der Waals surface area contributed by atoms with Crippen LogP contribution in [0.4, 0.5) is 4.79 Å². The largest absolute Gasteiger partial charge is 0.468 e. The number of unbranched alkanes of at least 4 members (excludes halogenated alkanes) is 5. The quantitative estimate of drug-likeness (QED) is 0.212. The first kappa shape index (κ1) is 33.6. The van der Waals surface area contributed by atoms with Crippen LogP contribution in [-0.2, 0) is 23.9 Å². The molecule has 1 aromatic rings. The molecular weight excluding hydrogens is 502 g/mol. The zero-order valence-corrected chi connectivity index (χ0v) is 24.0. The van der Waals surface area contributed by atoms with E-state index in [1.807, 2.05) is 0 Å². The Hall–Kier alpha value is -3.40. The summed E-state index contributed by atoms with van der Waals surface area (Å²) in [5.74, 6) is -1.90. The third-order valence-corrected chi connectivity index (χ3v) is 5.86. The first-order valence-corrected chi connectivity index (χ1v) is 13.4. The zero-order valence-electron chi connectivity index (χ0n) is 24.0. The van der Waals surface area contributed by atoms with E-state index in [1.54, 1.807) is 51.1 Å². The number of rotatable bonds is 16. The Morgan fingerprint density at radius 1 is 1.10 bits per heavy atom. The summed E-state index contributed by atoms with van der Waals surface area (Å²) < 4.78 is 9.90. The number of alkyl carbamates (subject to hydrolysis) is 1. The highest BCUT2D eigenvalue weighted by Gasteiger charge is 2.36. The molecule has 39 heavy (non-hydrogen) atoms. The lowest BCUT2D eigenvalue weighted by Crippen LogP contribution is -2.54. The van der Waals surface area contributed by atoms with Crippen molar-refractivity contribution in [2.45, 2.75) is 83.9 Å². The summed E-state index contributed by atoms with van der Waals surface area (Å²) in [5.41, 5.74) is 0.408. The first-order chi connectivity index (χ1) is 18.5. The van der Waals surface area contributed by atoms with Crippen LogP contribution in [0.15, 0.2) is 30.8 Å². The van der Waals surface area contributed by atoms with Gasteiger partial charge in [-0.1, -0.05) is 69.9 Å². The Morgan fingerprint density at radius 2 is 1.77 bits per heavy atom. The molecule has 0 saturated carbocycles. The number of hydrogen-bond acceptors (Lipinski definition) is 7. The van der Waals surface area contributed by atoms with Crippen LogP contribution in [0.1, 0.15) is 83.4 Å². The maximum Gasteiger partial charge on any atom is 0.408 e. The summed E-state index contributed by atoms with van der Waals surface area (Å²) >= 11 is 0. The Bertz CT molecular complexity index is 958. The highest BCUT2D eigenvalue weighted by Crippen LogP contribution is 2.25. The topological polar surface area (TPSA) is 134 Å². The van der Waals surface area contributed by atoms with E-state index in [1.165, 1.54) is 12.0 Å². The van der Waals surface area contributed by atoms with Crippen LogP contribution in [0.2, 0.25) is 0 Å². The fraction of sp³-hybridized carbons (Fsp3) is 0.586. The first-order valence-electron chi connectivity index (χ1n) is 13.4. The summed E-state index contributed by atoms with van der Waals surface area (Å²) in [6.45, 7) is 10.1. The maximum absolute atomic E-state index is 13.8. The number of carbonyl (C=O) groups is 4. The zero-order chi connectivity index (χ0) is 29.4. The molecule has 0 heterocycles. The third-order valence-electron chi connectivity index (χ3n) is 5.86. The normalized spacial score (nSPS) is 12.6. The number of nitrogens with zero attached hydrogens (tertiary/aromatic N) is 1. The molecule has 1 rings (SSSR count). The van der Waals surface area contributed by atoms with Gasteiger partial charge in [0.2, 0.25) is 11.8 Å². The van der Waals surface area contributed by atoms with Crippen molar-refractivity contribution in [2.75, 3.05) is 26.8 Å². The van der Waals surface area contributed by atoms with Gasteiger partial charge in [0.1, 0.15) is 24.2 Å². The van der Waals surface area contributed by atoms with E-state index in [9.17, 15) is 24.3 Å². The standard InChI is InChI=1S/C29H45N3O7/c1-7-9-10-11-12-13-17-32(27(36)23(20-33)31-28(37)39-29(3,4)5)25(26(35)30-19-24(34)38-6)22-16-14-15-21(8-2)18-22/h8,14-16,18,23,25,33H,2,7,9-13,17,19-20H2,1,3-6H3,(H,30,35)(H,31,37). The number of nitrogens with one attached hydrogen (secondary N) is 2. The summed E-state index contributed by atoms with van der Waals surface area (Å²) in [6.07, 6.45) is 6.43. The van der Waals surface area contributed by atoms with E-state index >= 15 is 0 Å². The molecule has 0 aliphatic heterocycles. The number of hydrogen-bond donors (Lipinski definition) is 3. The lowest BCUT2D eigenvalue weighted by molar-refractivity contribution is -0.145. The summed E-state index contributed by atoms with van der Waals surface area (Å²) in [7, 11) is 1.21.